The van der Waals surface area contributed by atoms with Crippen molar-refractivity contribution in [3.63, 3.8) is 0 Å². The molecule has 1 aromatic rings. The minimum Gasteiger partial charge on any atom is -0.484 e. The summed E-state index contributed by atoms with van der Waals surface area (Å²) in [6.45, 7) is 2.26. The molecule has 23 heavy (non-hydrogen) atoms. The highest BCUT2D eigenvalue weighted by atomic mass is 35.5. The molecule has 1 aromatic carbocycles. The molecule has 0 radical (unpaired) electrons. The number of ether oxygens (including phenoxy) is 2. The first-order valence-corrected chi connectivity index (χ1v) is 8.32. The lowest BCUT2D eigenvalue weighted by Crippen LogP contribution is -2.42. The Morgan fingerprint density at radius 3 is 3.04 bits per heavy atom. The number of benzene rings is 1. The quantitative estimate of drug-likeness (QED) is 0.711. The highest BCUT2D eigenvalue weighted by Gasteiger charge is 2.23. The van der Waals surface area contributed by atoms with Crippen LogP contribution in [-0.4, -0.2) is 44.2 Å². The molecule has 0 aliphatic carbocycles. The first kappa shape index (κ1) is 18.0. The third-order valence-electron chi connectivity index (χ3n) is 4.09. The maximum Gasteiger partial charge on any atom is 0.260 e. The highest BCUT2D eigenvalue weighted by molar-refractivity contribution is 6.30. The van der Waals surface area contributed by atoms with Gasteiger partial charge in [-0.2, -0.15) is 0 Å². The predicted molar refractivity (Wildman–Crippen MR) is 87.3 cm³/mol. The van der Waals surface area contributed by atoms with E-state index in [1.807, 2.05) is 4.90 Å². The Kier molecular flexibility index (Phi) is 7.12. The third kappa shape index (κ3) is 5.66. The summed E-state index contributed by atoms with van der Waals surface area (Å²) in [4.78, 5) is 14.1. The molecule has 128 valence electrons. The van der Waals surface area contributed by atoms with Crippen molar-refractivity contribution < 1.29 is 18.7 Å². The number of carbonyl (C=O) groups excluding carboxylic acids is 1. The van der Waals surface area contributed by atoms with E-state index in [4.69, 9.17) is 21.1 Å². The minimum absolute atomic E-state index is 0.00821. The van der Waals surface area contributed by atoms with E-state index in [0.717, 1.165) is 45.4 Å². The predicted octanol–water partition coefficient (Wildman–Crippen LogP) is 3.52. The van der Waals surface area contributed by atoms with E-state index in [1.54, 1.807) is 7.11 Å². The fourth-order valence-electron chi connectivity index (χ4n) is 2.85. The summed E-state index contributed by atoms with van der Waals surface area (Å²) in [5, 5.41) is -0.00821. The van der Waals surface area contributed by atoms with Crippen LogP contribution >= 0.6 is 11.6 Å². The van der Waals surface area contributed by atoms with E-state index < -0.39 is 5.82 Å². The van der Waals surface area contributed by atoms with Gasteiger partial charge in [-0.3, -0.25) is 4.79 Å². The molecule has 1 aliphatic rings. The first-order chi connectivity index (χ1) is 11.1. The van der Waals surface area contributed by atoms with Crippen molar-refractivity contribution in [2.24, 2.45) is 5.92 Å². The summed E-state index contributed by atoms with van der Waals surface area (Å²) >= 11 is 5.70. The Morgan fingerprint density at radius 1 is 1.48 bits per heavy atom. The Balaban J connectivity index is 1.79. The van der Waals surface area contributed by atoms with Crippen LogP contribution in [0.25, 0.3) is 0 Å². The lowest BCUT2D eigenvalue weighted by molar-refractivity contribution is -0.135. The molecule has 0 bridgehead atoms. The van der Waals surface area contributed by atoms with Crippen molar-refractivity contribution in [3.05, 3.63) is 29.0 Å². The van der Waals surface area contributed by atoms with Gasteiger partial charge in [0.05, 0.1) is 5.02 Å². The Morgan fingerprint density at radius 2 is 2.30 bits per heavy atom. The Hall–Kier alpha value is -1.33. The van der Waals surface area contributed by atoms with Crippen molar-refractivity contribution >= 4 is 17.5 Å². The van der Waals surface area contributed by atoms with Gasteiger partial charge in [0.15, 0.2) is 6.61 Å². The largest absolute Gasteiger partial charge is 0.484 e. The van der Waals surface area contributed by atoms with Crippen LogP contribution in [0.5, 0.6) is 5.75 Å². The van der Waals surface area contributed by atoms with Crippen LogP contribution in [-0.2, 0) is 9.53 Å². The number of nitrogens with zero attached hydrogens (tertiary/aromatic N) is 1. The van der Waals surface area contributed by atoms with Crippen molar-refractivity contribution in [3.8, 4) is 5.75 Å². The second-order valence-corrected chi connectivity index (χ2v) is 6.25. The summed E-state index contributed by atoms with van der Waals surface area (Å²) < 4.78 is 23.6. The van der Waals surface area contributed by atoms with E-state index in [9.17, 15) is 9.18 Å². The molecule has 0 saturated carbocycles. The molecule has 4 nitrogen and oxygen atoms in total. The number of methoxy groups -OCH3 is 1. The van der Waals surface area contributed by atoms with Crippen LogP contribution in [0.3, 0.4) is 0 Å². The SMILES string of the molecule is COCCC[C@@H]1CCCN(C(=O)COc2ccc(F)c(Cl)c2)C1. The zero-order valence-electron chi connectivity index (χ0n) is 13.4. The number of amides is 1. The third-order valence-corrected chi connectivity index (χ3v) is 4.38. The number of hydrogen-bond donors (Lipinski definition) is 0. The molecule has 0 unspecified atom stereocenters. The first-order valence-electron chi connectivity index (χ1n) is 7.94. The normalized spacial score (nSPS) is 18.0. The molecule has 1 aliphatic heterocycles. The Labute approximate surface area is 141 Å². The van der Waals surface area contributed by atoms with Gasteiger partial charge in [0.25, 0.3) is 5.91 Å². The number of rotatable bonds is 7. The molecule has 0 N–H and O–H groups in total. The number of carbonyl (C=O) groups is 1. The maximum atomic E-state index is 13.1. The zero-order chi connectivity index (χ0) is 16.7. The molecule has 1 atom stereocenters. The minimum atomic E-state index is -0.500. The van der Waals surface area contributed by atoms with Gasteiger partial charge in [0.1, 0.15) is 11.6 Å². The number of piperidine rings is 1. The van der Waals surface area contributed by atoms with Gasteiger partial charge < -0.3 is 14.4 Å². The average Bonchev–Trinajstić information content (AvgIpc) is 2.56. The lowest BCUT2D eigenvalue weighted by atomic mass is 9.93. The van der Waals surface area contributed by atoms with Crippen molar-refractivity contribution in [2.75, 3.05) is 33.4 Å². The van der Waals surface area contributed by atoms with E-state index in [2.05, 4.69) is 0 Å². The topological polar surface area (TPSA) is 38.8 Å². The molecular formula is C17H23ClFNO3. The fourth-order valence-corrected chi connectivity index (χ4v) is 3.02. The van der Waals surface area contributed by atoms with E-state index in [1.165, 1.54) is 18.2 Å². The fraction of sp³-hybridized carbons (Fsp3) is 0.588. The number of likely N-dealkylation sites (tertiary alicyclic amines) is 1. The number of hydrogen-bond acceptors (Lipinski definition) is 3. The highest BCUT2D eigenvalue weighted by Crippen LogP contribution is 2.23. The van der Waals surface area contributed by atoms with Gasteiger partial charge in [0, 0.05) is 32.9 Å². The van der Waals surface area contributed by atoms with Crippen LogP contribution in [0, 0.1) is 11.7 Å². The summed E-state index contributed by atoms with van der Waals surface area (Å²) in [5.41, 5.74) is 0. The average molecular weight is 344 g/mol. The van der Waals surface area contributed by atoms with Crippen LogP contribution in [0.2, 0.25) is 5.02 Å². The smallest absolute Gasteiger partial charge is 0.260 e. The molecule has 2 rings (SSSR count). The van der Waals surface area contributed by atoms with Gasteiger partial charge in [-0.25, -0.2) is 4.39 Å². The van der Waals surface area contributed by atoms with Crippen molar-refractivity contribution in [1.82, 2.24) is 4.90 Å². The number of halogens is 2. The summed E-state index contributed by atoms with van der Waals surface area (Å²) in [7, 11) is 1.70. The summed E-state index contributed by atoms with van der Waals surface area (Å²) in [6.07, 6.45) is 4.27. The van der Waals surface area contributed by atoms with Crippen molar-refractivity contribution in [1.29, 1.82) is 0 Å². The standard InChI is InChI=1S/C17H23ClFNO3/c1-22-9-3-5-13-4-2-8-20(11-13)17(21)12-23-14-6-7-16(19)15(18)10-14/h6-7,10,13H,2-5,8-9,11-12H2,1H3/t13-/m0/s1. The molecular weight excluding hydrogens is 321 g/mol. The molecule has 1 fully saturated rings. The van der Waals surface area contributed by atoms with E-state index in [-0.39, 0.29) is 17.5 Å². The summed E-state index contributed by atoms with van der Waals surface area (Å²) in [5.74, 6) is 0.392. The second kappa shape index (κ2) is 9.08. The van der Waals surface area contributed by atoms with E-state index >= 15 is 0 Å². The van der Waals surface area contributed by atoms with Gasteiger partial charge in [-0.15, -0.1) is 0 Å². The van der Waals surface area contributed by atoms with Crippen LogP contribution < -0.4 is 4.74 Å². The monoisotopic (exact) mass is 343 g/mol. The molecule has 6 heteroatoms. The molecule has 0 spiro atoms. The van der Waals surface area contributed by atoms with Crippen LogP contribution in [0.1, 0.15) is 25.7 Å². The van der Waals surface area contributed by atoms with Crippen molar-refractivity contribution in [2.45, 2.75) is 25.7 Å². The van der Waals surface area contributed by atoms with Gasteiger partial charge in [0.2, 0.25) is 0 Å². The molecule has 1 saturated heterocycles. The molecule has 0 aromatic heterocycles. The molecule has 1 heterocycles. The van der Waals surface area contributed by atoms with Gasteiger partial charge >= 0.3 is 0 Å². The van der Waals surface area contributed by atoms with Gasteiger partial charge in [-0.05, 0) is 43.7 Å². The Bertz CT molecular complexity index is 527. The van der Waals surface area contributed by atoms with Gasteiger partial charge in [-0.1, -0.05) is 11.6 Å². The summed E-state index contributed by atoms with van der Waals surface area (Å²) in [6, 6.07) is 4.08. The zero-order valence-corrected chi connectivity index (χ0v) is 14.2. The second-order valence-electron chi connectivity index (χ2n) is 5.85. The van der Waals surface area contributed by atoms with Crippen LogP contribution in [0.4, 0.5) is 4.39 Å². The maximum absolute atomic E-state index is 13.1. The lowest BCUT2D eigenvalue weighted by Gasteiger charge is -2.32. The molecule has 1 amide bonds. The van der Waals surface area contributed by atoms with Crippen LogP contribution in [0.15, 0.2) is 18.2 Å². The van der Waals surface area contributed by atoms with E-state index in [0.29, 0.717) is 11.7 Å².